The molecule has 0 amide bonds. The van der Waals surface area contributed by atoms with Crippen LogP contribution in [0.1, 0.15) is 30.2 Å². The van der Waals surface area contributed by atoms with E-state index in [2.05, 4.69) is 30.4 Å². The topological polar surface area (TPSA) is 22.1 Å². The Morgan fingerprint density at radius 1 is 1.19 bits per heavy atom. The molecule has 1 heterocycles. The molecule has 3 heteroatoms. The molecule has 0 bridgehead atoms. The van der Waals surface area contributed by atoms with Crippen molar-refractivity contribution in [1.29, 1.82) is 0 Å². The van der Waals surface area contributed by atoms with Gasteiger partial charge < -0.3 is 4.74 Å². The maximum atomic E-state index is 5.63. The quantitative estimate of drug-likeness (QED) is 0.785. The molecule has 0 saturated carbocycles. The first-order valence-electron chi connectivity index (χ1n) is 5.36. The summed E-state index contributed by atoms with van der Waals surface area (Å²) in [6.45, 7) is 6.38. The van der Waals surface area contributed by atoms with Gasteiger partial charge in [0.2, 0.25) is 5.88 Å². The number of benzene rings is 1. The lowest BCUT2D eigenvalue weighted by Gasteiger charge is -2.06. The van der Waals surface area contributed by atoms with Gasteiger partial charge in [0.05, 0.1) is 0 Å². The van der Waals surface area contributed by atoms with Gasteiger partial charge in [0.25, 0.3) is 0 Å². The third kappa shape index (κ3) is 2.61. The van der Waals surface area contributed by atoms with E-state index in [1.807, 2.05) is 25.1 Å². The Kier molecular flexibility index (Phi) is 3.25. The highest BCUT2D eigenvalue weighted by atomic mass is 32.1. The van der Waals surface area contributed by atoms with Gasteiger partial charge in [-0.05, 0) is 42.1 Å². The molecule has 2 nitrogen and oxygen atoms in total. The summed E-state index contributed by atoms with van der Waals surface area (Å²) in [5.74, 6) is 2.07. The van der Waals surface area contributed by atoms with Crippen LogP contribution in [0.2, 0.25) is 0 Å². The van der Waals surface area contributed by atoms with E-state index in [-0.39, 0.29) is 0 Å². The van der Waals surface area contributed by atoms with Gasteiger partial charge in [-0.1, -0.05) is 26.0 Å². The summed E-state index contributed by atoms with van der Waals surface area (Å²) in [5.41, 5.74) is 1.32. The van der Waals surface area contributed by atoms with Crippen LogP contribution in [0.15, 0.2) is 30.3 Å². The van der Waals surface area contributed by atoms with Crippen LogP contribution in [-0.4, -0.2) is 4.37 Å². The van der Waals surface area contributed by atoms with E-state index in [1.54, 1.807) is 0 Å². The number of nitrogens with zero attached hydrogens (tertiary/aromatic N) is 1. The average Bonchev–Trinajstić information content (AvgIpc) is 2.65. The fraction of sp³-hybridized carbons (Fsp3) is 0.308. The van der Waals surface area contributed by atoms with Crippen LogP contribution in [0, 0.1) is 6.92 Å². The third-order valence-corrected chi connectivity index (χ3v) is 3.05. The van der Waals surface area contributed by atoms with Crippen molar-refractivity contribution in [2.24, 2.45) is 0 Å². The zero-order chi connectivity index (χ0) is 11.5. The van der Waals surface area contributed by atoms with Crippen LogP contribution in [0.3, 0.4) is 0 Å². The van der Waals surface area contributed by atoms with Gasteiger partial charge in [-0.25, -0.2) is 0 Å². The van der Waals surface area contributed by atoms with E-state index in [0.717, 1.165) is 10.6 Å². The van der Waals surface area contributed by atoms with Crippen LogP contribution in [0.5, 0.6) is 11.6 Å². The van der Waals surface area contributed by atoms with E-state index in [1.165, 1.54) is 17.1 Å². The van der Waals surface area contributed by atoms with Crippen LogP contribution in [0.4, 0.5) is 0 Å². The van der Waals surface area contributed by atoms with Crippen molar-refractivity contribution < 1.29 is 4.74 Å². The molecule has 0 aliphatic carbocycles. The van der Waals surface area contributed by atoms with Crippen molar-refractivity contribution in [1.82, 2.24) is 4.37 Å². The van der Waals surface area contributed by atoms with Gasteiger partial charge in [0, 0.05) is 10.9 Å². The number of hydrogen-bond donors (Lipinski definition) is 0. The Morgan fingerprint density at radius 2 is 1.88 bits per heavy atom. The predicted octanol–water partition coefficient (Wildman–Crippen LogP) is 4.37. The lowest BCUT2D eigenvalue weighted by atomic mass is 10.0. The monoisotopic (exact) mass is 233 g/mol. The second kappa shape index (κ2) is 4.66. The highest BCUT2D eigenvalue weighted by molar-refractivity contribution is 7.05. The summed E-state index contributed by atoms with van der Waals surface area (Å²) in [6, 6.07) is 10.1. The molecular formula is C13H15NOS. The zero-order valence-electron chi connectivity index (χ0n) is 9.73. The number of rotatable bonds is 3. The first-order valence-corrected chi connectivity index (χ1v) is 6.13. The van der Waals surface area contributed by atoms with Gasteiger partial charge in [-0.2, -0.15) is 4.37 Å². The van der Waals surface area contributed by atoms with Crippen molar-refractivity contribution in [2.75, 3.05) is 0 Å². The minimum atomic E-state index is 0.551. The van der Waals surface area contributed by atoms with Crippen LogP contribution >= 0.6 is 11.5 Å². The van der Waals surface area contributed by atoms with E-state index in [4.69, 9.17) is 4.74 Å². The van der Waals surface area contributed by atoms with Crippen molar-refractivity contribution in [3.8, 4) is 11.6 Å². The van der Waals surface area contributed by atoms with E-state index < -0.39 is 0 Å². The summed E-state index contributed by atoms with van der Waals surface area (Å²) in [6.07, 6.45) is 0. The van der Waals surface area contributed by atoms with E-state index in [9.17, 15) is 0 Å². The molecule has 0 aliphatic heterocycles. The smallest absolute Gasteiger partial charge is 0.231 e. The van der Waals surface area contributed by atoms with Crippen LogP contribution in [-0.2, 0) is 0 Å². The SMILES string of the molecule is Cc1cc(Oc2ccc(C(C)C)cc2)ns1. The summed E-state index contributed by atoms with van der Waals surface area (Å²) in [5, 5.41) is 0. The normalized spacial score (nSPS) is 10.8. The van der Waals surface area contributed by atoms with Crippen molar-refractivity contribution >= 4 is 11.5 Å². The summed E-state index contributed by atoms with van der Waals surface area (Å²) in [4.78, 5) is 1.16. The fourth-order valence-electron chi connectivity index (χ4n) is 1.43. The van der Waals surface area contributed by atoms with Gasteiger partial charge in [-0.15, -0.1) is 0 Å². The molecular weight excluding hydrogens is 218 g/mol. The molecule has 2 rings (SSSR count). The van der Waals surface area contributed by atoms with Gasteiger partial charge in [0.15, 0.2) is 0 Å². The lowest BCUT2D eigenvalue weighted by molar-refractivity contribution is 0.468. The molecule has 0 fully saturated rings. The van der Waals surface area contributed by atoms with Crippen molar-refractivity contribution in [3.63, 3.8) is 0 Å². The Bertz CT molecular complexity index is 459. The van der Waals surface area contributed by atoms with Crippen molar-refractivity contribution in [3.05, 3.63) is 40.8 Å². The largest absolute Gasteiger partial charge is 0.438 e. The first kappa shape index (κ1) is 11.1. The molecule has 0 N–H and O–H groups in total. The Labute approximate surface area is 100 Å². The first-order chi connectivity index (χ1) is 7.65. The van der Waals surface area contributed by atoms with Crippen LogP contribution in [0.25, 0.3) is 0 Å². The Hall–Kier alpha value is -1.35. The van der Waals surface area contributed by atoms with Crippen LogP contribution < -0.4 is 4.74 Å². The third-order valence-electron chi connectivity index (χ3n) is 2.38. The molecule has 2 aromatic rings. The molecule has 1 aromatic heterocycles. The Morgan fingerprint density at radius 3 is 2.38 bits per heavy atom. The standard InChI is InChI=1S/C13H15NOS/c1-9(2)11-4-6-12(7-5-11)15-13-8-10(3)16-14-13/h4-9H,1-3H3. The van der Waals surface area contributed by atoms with Crippen molar-refractivity contribution in [2.45, 2.75) is 26.7 Å². The van der Waals surface area contributed by atoms with Gasteiger partial charge in [-0.3, -0.25) is 0 Å². The predicted molar refractivity (Wildman–Crippen MR) is 67.5 cm³/mol. The molecule has 0 saturated heterocycles. The minimum absolute atomic E-state index is 0.551. The van der Waals surface area contributed by atoms with Gasteiger partial charge in [0.1, 0.15) is 5.75 Å². The Balaban J connectivity index is 2.11. The highest BCUT2D eigenvalue weighted by Gasteiger charge is 2.02. The fourth-order valence-corrected chi connectivity index (χ4v) is 1.91. The maximum absolute atomic E-state index is 5.63. The molecule has 0 radical (unpaired) electrons. The second-order valence-electron chi connectivity index (χ2n) is 4.10. The molecule has 0 spiro atoms. The lowest BCUT2D eigenvalue weighted by Crippen LogP contribution is -1.88. The number of hydrogen-bond acceptors (Lipinski definition) is 3. The number of aryl methyl sites for hydroxylation is 1. The molecule has 0 atom stereocenters. The molecule has 16 heavy (non-hydrogen) atoms. The summed E-state index contributed by atoms with van der Waals surface area (Å²) >= 11 is 1.46. The van der Waals surface area contributed by atoms with E-state index >= 15 is 0 Å². The molecule has 1 aromatic carbocycles. The number of ether oxygens (including phenoxy) is 1. The second-order valence-corrected chi connectivity index (χ2v) is 5.11. The van der Waals surface area contributed by atoms with Gasteiger partial charge >= 0.3 is 0 Å². The average molecular weight is 233 g/mol. The summed E-state index contributed by atoms with van der Waals surface area (Å²) < 4.78 is 9.82. The zero-order valence-corrected chi connectivity index (χ0v) is 10.5. The highest BCUT2D eigenvalue weighted by Crippen LogP contribution is 2.24. The minimum Gasteiger partial charge on any atom is -0.438 e. The maximum Gasteiger partial charge on any atom is 0.231 e. The molecule has 0 aliphatic rings. The van der Waals surface area contributed by atoms with E-state index in [0.29, 0.717) is 11.8 Å². The number of aromatic nitrogens is 1. The molecule has 84 valence electrons. The molecule has 0 unspecified atom stereocenters. The summed E-state index contributed by atoms with van der Waals surface area (Å²) in [7, 11) is 0.